The molecule has 1 aliphatic rings. The smallest absolute Gasteiger partial charge is 0.209 e. The molecule has 4 nitrogen and oxygen atoms in total. The number of hydrogen-bond acceptors (Lipinski definition) is 4. The van der Waals surface area contributed by atoms with Crippen molar-refractivity contribution in [2.45, 2.75) is 25.4 Å². The molecule has 2 aromatic rings. The molecule has 0 atom stereocenters. The zero-order valence-corrected chi connectivity index (χ0v) is 12.7. The minimum atomic E-state index is 0.177. The molecule has 1 aliphatic carbocycles. The summed E-state index contributed by atoms with van der Waals surface area (Å²) in [6.07, 6.45) is 4.18. The molecule has 1 aromatic heterocycles. The summed E-state index contributed by atoms with van der Waals surface area (Å²) in [6.45, 7) is 1.53. The van der Waals surface area contributed by atoms with Crippen LogP contribution < -0.4 is 0 Å². The Balaban J connectivity index is 1.71. The predicted molar refractivity (Wildman–Crippen MR) is 80.2 cm³/mol. The number of aliphatic hydroxyl groups excluding tert-OH is 1. The summed E-state index contributed by atoms with van der Waals surface area (Å²) < 4.78 is 6.86. The summed E-state index contributed by atoms with van der Waals surface area (Å²) in [4.78, 5) is 6.58. The van der Waals surface area contributed by atoms with E-state index in [0.29, 0.717) is 25.0 Å². The molecule has 106 valence electrons. The molecule has 0 saturated heterocycles. The third-order valence-corrected chi connectivity index (χ3v) is 4.00. The first-order valence-corrected chi connectivity index (χ1v) is 7.61. The van der Waals surface area contributed by atoms with Crippen LogP contribution in [-0.2, 0) is 6.54 Å². The van der Waals surface area contributed by atoms with Gasteiger partial charge in [0.1, 0.15) is 0 Å². The fourth-order valence-corrected chi connectivity index (χ4v) is 2.53. The van der Waals surface area contributed by atoms with Crippen molar-refractivity contribution < 1.29 is 9.52 Å². The van der Waals surface area contributed by atoms with E-state index in [1.165, 1.54) is 12.8 Å². The Kier molecular flexibility index (Phi) is 4.19. The molecule has 0 unspecified atom stereocenters. The minimum Gasteiger partial charge on any atom is -0.439 e. The van der Waals surface area contributed by atoms with Crippen LogP contribution in [0.3, 0.4) is 0 Å². The summed E-state index contributed by atoms with van der Waals surface area (Å²) in [7, 11) is 0. The third kappa shape index (κ3) is 3.29. The Morgan fingerprint density at radius 2 is 2.05 bits per heavy atom. The maximum absolute atomic E-state index is 9.10. The number of rotatable bonds is 6. The Morgan fingerprint density at radius 3 is 2.70 bits per heavy atom. The fraction of sp³-hybridized carbons (Fsp3) is 0.400. The monoisotopic (exact) mass is 336 g/mol. The highest BCUT2D eigenvalue weighted by Gasteiger charge is 2.29. The van der Waals surface area contributed by atoms with Gasteiger partial charge in [-0.25, -0.2) is 4.98 Å². The van der Waals surface area contributed by atoms with Crippen LogP contribution in [0.2, 0.25) is 0 Å². The molecule has 1 aromatic carbocycles. The molecule has 5 heteroatoms. The van der Waals surface area contributed by atoms with Gasteiger partial charge in [0.25, 0.3) is 0 Å². The van der Waals surface area contributed by atoms with Crippen molar-refractivity contribution >= 4 is 15.9 Å². The van der Waals surface area contributed by atoms with Crippen LogP contribution in [0.4, 0.5) is 0 Å². The van der Waals surface area contributed by atoms with Crippen molar-refractivity contribution in [3.63, 3.8) is 0 Å². The number of aliphatic hydroxyl groups is 1. The summed E-state index contributed by atoms with van der Waals surface area (Å²) in [5.41, 5.74) is 1.02. The van der Waals surface area contributed by atoms with Crippen LogP contribution in [0.5, 0.6) is 0 Å². The van der Waals surface area contributed by atoms with E-state index in [1.54, 1.807) is 6.20 Å². The van der Waals surface area contributed by atoms with Crippen molar-refractivity contribution in [2.75, 3.05) is 13.2 Å². The van der Waals surface area contributed by atoms with Crippen LogP contribution >= 0.6 is 15.9 Å². The van der Waals surface area contributed by atoms with Crippen molar-refractivity contribution in [3.8, 4) is 11.3 Å². The minimum absolute atomic E-state index is 0.177. The quantitative estimate of drug-likeness (QED) is 0.880. The van der Waals surface area contributed by atoms with Gasteiger partial charge in [-0.3, -0.25) is 4.90 Å². The highest BCUT2D eigenvalue weighted by molar-refractivity contribution is 9.10. The van der Waals surface area contributed by atoms with Gasteiger partial charge in [0.15, 0.2) is 5.76 Å². The number of hydrogen-bond donors (Lipinski definition) is 1. The molecule has 0 amide bonds. The molecule has 3 rings (SSSR count). The lowest BCUT2D eigenvalue weighted by Crippen LogP contribution is -2.28. The van der Waals surface area contributed by atoms with Gasteiger partial charge in [-0.05, 0) is 25.0 Å². The molecule has 20 heavy (non-hydrogen) atoms. The average molecular weight is 337 g/mol. The van der Waals surface area contributed by atoms with Gasteiger partial charge < -0.3 is 9.52 Å². The van der Waals surface area contributed by atoms with Gasteiger partial charge in [0.05, 0.1) is 19.3 Å². The van der Waals surface area contributed by atoms with Crippen LogP contribution in [0, 0.1) is 0 Å². The first kappa shape index (κ1) is 13.8. The molecular formula is C15H17BrN2O2. The topological polar surface area (TPSA) is 49.5 Å². The number of halogens is 1. The number of oxazole rings is 1. The van der Waals surface area contributed by atoms with E-state index in [9.17, 15) is 0 Å². The SMILES string of the molecule is OCCN(Cc1ncc(-c2ccc(Br)cc2)o1)C1CC1. The van der Waals surface area contributed by atoms with Gasteiger partial charge in [-0.15, -0.1) is 0 Å². The zero-order chi connectivity index (χ0) is 13.9. The first-order valence-electron chi connectivity index (χ1n) is 6.82. The molecular weight excluding hydrogens is 320 g/mol. The van der Waals surface area contributed by atoms with Gasteiger partial charge in [-0.2, -0.15) is 0 Å². The second kappa shape index (κ2) is 6.08. The number of benzene rings is 1. The normalized spacial score (nSPS) is 14.9. The van der Waals surface area contributed by atoms with E-state index in [2.05, 4.69) is 25.8 Å². The first-order chi connectivity index (χ1) is 9.76. The highest BCUT2D eigenvalue weighted by Crippen LogP contribution is 2.29. The van der Waals surface area contributed by atoms with E-state index >= 15 is 0 Å². The molecule has 0 bridgehead atoms. The van der Waals surface area contributed by atoms with E-state index in [4.69, 9.17) is 9.52 Å². The zero-order valence-electron chi connectivity index (χ0n) is 11.1. The summed E-state index contributed by atoms with van der Waals surface area (Å²) >= 11 is 3.42. The highest BCUT2D eigenvalue weighted by atomic mass is 79.9. The second-order valence-corrected chi connectivity index (χ2v) is 5.97. The molecule has 1 N–H and O–H groups in total. The van der Waals surface area contributed by atoms with Crippen LogP contribution in [-0.4, -0.2) is 34.2 Å². The molecule has 0 radical (unpaired) electrons. The Hall–Kier alpha value is -1.17. The van der Waals surface area contributed by atoms with Gasteiger partial charge in [0, 0.05) is 22.6 Å². The van der Waals surface area contributed by atoms with Crippen molar-refractivity contribution in [1.82, 2.24) is 9.88 Å². The van der Waals surface area contributed by atoms with Crippen LogP contribution in [0.15, 0.2) is 39.4 Å². The van der Waals surface area contributed by atoms with Crippen molar-refractivity contribution in [2.24, 2.45) is 0 Å². The maximum atomic E-state index is 9.10. The van der Waals surface area contributed by atoms with E-state index in [-0.39, 0.29) is 6.61 Å². The molecule has 0 spiro atoms. The third-order valence-electron chi connectivity index (χ3n) is 3.47. The van der Waals surface area contributed by atoms with Gasteiger partial charge >= 0.3 is 0 Å². The van der Waals surface area contributed by atoms with Gasteiger partial charge in [0.2, 0.25) is 5.89 Å². The summed E-state index contributed by atoms with van der Waals surface area (Å²) in [6, 6.07) is 8.56. The fourth-order valence-electron chi connectivity index (χ4n) is 2.26. The van der Waals surface area contributed by atoms with Gasteiger partial charge in [-0.1, -0.05) is 28.1 Å². The number of aromatic nitrogens is 1. The lowest BCUT2D eigenvalue weighted by Gasteiger charge is -2.18. The second-order valence-electron chi connectivity index (χ2n) is 5.05. The van der Waals surface area contributed by atoms with Crippen molar-refractivity contribution in [3.05, 3.63) is 40.8 Å². The van der Waals surface area contributed by atoms with E-state index in [0.717, 1.165) is 15.8 Å². The lowest BCUT2D eigenvalue weighted by atomic mass is 10.2. The van der Waals surface area contributed by atoms with Crippen LogP contribution in [0.25, 0.3) is 11.3 Å². The maximum Gasteiger partial charge on any atom is 0.209 e. The molecule has 0 aliphatic heterocycles. The molecule has 1 saturated carbocycles. The number of nitrogens with zero attached hydrogens (tertiary/aromatic N) is 2. The Labute approximate surface area is 126 Å². The lowest BCUT2D eigenvalue weighted by molar-refractivity contribution is 0.172. The largest absolute Gasteiger partial charge is 0.439 e. The summed E-state index contributed by atoms with van der Waals surface area (Å²) in [5.74, 6) is 1.50. The molecule has 1 heterocycles. The standard InChI is InChI=1S/C15H17BrN2O2/c16-12-3-1-11(2-4-12)14-9-17-15(20-14)10-18(7-8-19)13-5-6-13/h1-4,9,13,19H,5-8,10H2. The summed E-state index contributed by atoms with van der Waals surface area (Å²) in [5, 5.41) is 9.10. The molecule has 1 fully saturated rings. The Morgan fingerprint density at radius 1 is 1.30 bits per heavy atom. The average Bonchev–Trinajstić information content (AvgIpc) is 3.20. The van der Waals surface area contributed by atoms with Crippen LogP contribution in [0.1, 0.15) is 18.7 Å². The van der Waals surface area contributed by atoms with E-state index in [1.807, 2.05) is 24.3 Å². The Bertz CT molecular complexity index is 564. The van der Waals surface area contributed by atoms with E-state index < -0.39 is 0 Å². The van der Waals surface area contributed by atoms with Crippen molar-refractivity contribution in [1.29, 1.82) is 0 Å². The predicted octanol–water partition coefficient (Wildman–Crippen LogP) is 3.06.